The molecule has 0 aliphatic heterocycles. The van der Waals surface area contributed by atoms with Gasteiger partial charge in [-0.15, -0.1) is 0 Å². The van der Waals surface area contributed by atoms with Crippen LogP contribution in [0.25, 0.3) is 22.3 Å². The van der Waals surface area contributed by atoms with E-state index in [9.17, 15) is 9.59 Å². The molecule has 138 valence electrons. The first kappa shape index (κ1) is 18.2. The number of ketones is 1. The SMILES string of the molecule is COc1ccc2c(=O)c(C(=O)c3ccccc3)c(-c3ccccc3Br)oc2c1. The van der Waals surface area contributed by atoms with E-state index in [2.05, 4.69) is 15.9 Å². The number of hydrogen-bond donors (Lipinski definition) is 0. The van der Waals surface area contributed by atoms with Gasteiger partial charge in [0.2, 0.25) is 11.2 Å². The molecule has 0 aliphatic rings. The molecule has 0 radical (unpaired) electrons. The summed E-state index contributed by atoms with van der Waals surface area (Å²) >= 11 is 3.49. The zero-order valence-corrected chi connectivity index (χ0v) is 16.5. The highest BCUT2D eigenvalue weighted by molar-refractivity contribution is 9.10. The Balaban J connectivity index is 2.08. The standard InChI is InChI=1S/C23H15BrO4/c1-27-15-11-12-17-19(13-15)28-23(16-9-5-6-10-18(16)24)20(22(17)26)21(25)14-7-3-2-4-8-14/h2-13H,1H3. The smallest absolute Gasteiger partial charge is 0.204 e. The van der Waals surface area contributed by atoms with Gasteiger partial charge in [0.05, 0.1) is 12.5 Å². The minimum absolute atomic E-state index is 0.00997. The number of halogens is 1. The lowest BCUT2D eigenvalue weighted by atomic mass is 9.97. The molecule has 0 fully saturated rings. The highest BCUT2D eigenvalue weighted by atomic mass is 79.9. The molecule has 0 unspecified atom stereocenters. The molecular formula is C23H15BrO4. The third kappa shape index (κ3) is 3.14. The molecule has 4 aromatic rings. The average molecular weight is 435 g/mol. The van der Waals surface area contributed by atoms with Gasteiger partial charge in [0.1, 0.15) is 16.9 Å². The van der Waals surface area contributed by atoms with Crippen LogP contribution in [0.4, 0.5) is 0 Å². The van der Waals surface area contributed by atoms with Gasteiger partial charge in [0.25, 0.3) is 0 Å². The highest BCUT2D eigenvalue weighted by Crippen LogP contribution is 2.33. The molecule has 0 saturated heterocycles. The van der Waals surface area contributed by atoms with E-state index in [1.165, 1.54) is 0 Å². The summed E-state index contributed by atoms with van der Waals surface area (Å²) < 4.78 is 12.1. The van der Waals surface area contributed by atoms with Crippen molar-refractivity contribution in [3.63, 3.8) is 0 Å². The molecule has 0 bridgehead atoms. The number of carbonyl (C=O) groups is 1. The minimum Gasteiger partial charge on any atom is -0.497 e. The van der Waals surface area contributed by atoms with Gasteiger partial charge in [0.15, 0.2) is 5.76 Å². The Kier molecular flexibility index (Phi) is 4.84. The van der Waals surface area contributed by atoms with Crippen molar-refractivity contribution in [2.45, 2.75) is 0 Å². The van der Waals surface area contributed by atoms with E-state index < -0.39 is 0 Å². The maximum absolute atomic E-state index is 13.3. The average Bonchev–Trinajstić information content (AvgIpc) is 2.74. The Morgan fingerprint density at radius 2 is 1.68 bits per heavy atom. The lowest BCUT2D eigenvalue weighted by molar-refractivity contribution is 0.103. The summed E-state index contributed by atoms with van der Waals surface area (Å²) in [6.45, 7) is 0. The molecule has 4 rings (SSSR count). The Bertz CT molecular complexity index is 1240. The monoisotopic (exact) mass is 434 g/mol. The fourth-order valence-corrected chi connectivity index (χ4v) is 3.54. The predicted molar refractivity (Wildman–Crippen MR) is 112 cm³/mol. The first-order chi connectivity index (χ1) is 13.6. The number of fused-ring (bicyclic) bond motifs is 1. The van der Waals surface area contributed by atoms with Gasteiger partial charge in [-0.25, -0.2) is 0 Å². The van der Waals surface area contributed by atoms with Crippen LogP contribution in [-0.4, -0.2) is 12.9 Å². The van der Waals surface area contributed by atoms with E-state index >= 15 is 0 Å². The van der Waals surface area contributed by atoms with Crippen molar-refractivity contribution in [3.8, 4) is 17.1 Å². The van der Waals surface area contributed by atoms with Crippen molar-refractivity contribution < 1.29 is 13.9 Å². The van der Waals surface area contributed by atoms with Crippen molar-refractivity contribution in [1.29, 1.82) is 0 Å². The Morgan fingerprint density at radius 1 is 0.964 bits per heavy atom. The maximum atomic E-state index is 13.3. The van der Waals surface area contributed by atoms with Crippen LogP contribution in [0.1, 0.15) is 15.9 Å². The molecule has 1 heterocycles. The molecule has 0 amide bonds. The summed E-state index contributed by atoms with van der Waals surface area (Å²) in [6, 6.07) is 21.0. The van der Waals surface area contributed by atoms with Gasteiger partial charge in [0, 0.05) is 21.7 Å². The number of carbonyl (C=O) groups excluding carboxylic acids is 1. The summed E-state index contributed by atoms with van der Waals surface area (Å²) in [5.41, 5.74) is 1.05. The van der Waals surface area contributed by atoms with Crippen LogP contribution in [0.5, 0.6) is 5.75 Å². The fourth-order valence-electron chi connectivity index (χ4n) is 3.08. The fraction of sp³-hybridized carbons (Fsp3) is 0.0435. The van der Waals surface area contributed by atoms with Crippen LogP contribution < -0.4 is 10.2 Å². The maximum Gasteiger partial charge on any atom is 0.204 e. The predicted octanol–water partition coefficient (Wildman–Crippen LogP) is 5.46. The molecule has 0 N–H and O–H groups in total. The van der Waals surface area contributed by atoms with Gasteiger partial charge >= 0.3 is 0 Å². The van der Waals surface area contributed by atoms with Gasteiger partial charge in [-0.2, -0.15) is 0 Å². The van der Waals surface area contributed by atoms with E-state index in [0.717, 1.165) is 4.47 Å². The second kappa shape index (κ2) is 7.44. The third-order valence-corrected chi connectivity index (χ3v) is 5.17. The van der Waals surface area contributed by atoms with E-state index in [1.807, 2.05) is 24.3 Å². The van der Waals surface area contributed by atoms with Crippen LogP contribution in [0.2, 0.25) is 0 Å². The Labute approximate surface area is 169 Å². The van der Waals surface area contributed by atoms with Crippen LogP contribution in [0.15, 0.2) is 86.5 Å². The summed E-state index contributed by atoms with van der Waals surface area (Å²) in [4.78, 5) is 26.6. The van der Waals surface area contributed by atoms with E-state index in [1.54, 1.807) is 55.6 Å². The van der Waals surface area contributed by atoms with Crippen molar-refractivity contribution >= 4 is 32.7 Å². The minimum atomic E-state index is -0.377. The molecular weight excluding hydrogens is 420 g/mol. The molecule has 0 atom stereocenters. The lowest BCUT2D eigenvalue weighted by Gasteiger charge is -2.11. The summed E-state index contributed by atoms with van der Waals surface area (Å²) in [7, 11) is 1.54. The van der Waals surface area contributed by atoms with Crippen LogP contribution in [0, 0.1) is 0 Å². The summed E-state index contributed by atoms with van der Waals surface area (Å²) in [5.74, 6) is 0.417. The van der Waals surface area contributed by atoms with Crippen molar-refractivity contribution in [2.75, 3.05) is 7.11 Å². The molecule has 4 nitrogen and oxygen atoms in total. The molecule has 3 aromatic carbocycles. The zero-order valence-electron chi connectivity index (χ0n) is 14.9. The summed E-state index contributed by atoms with van der Waals surface area (Å²) in [6.07, 6.45) is 0. The van der Waals surface area contributed by atoms with Gasteiger partial charge < -0.3 is 9.15 Å². The number of rotatable bonds is 4. The molecule has 5 heteroatoms. The second-order valence-corrected chi connectivity index (χ2v) is 7.03. The Hall–Kier alpha value is -3.18. The second-order valence-electron chi connectivity index (χ2n) is 6.17. The van der Waals surface area contributed by atoms with Gasteiger partial charge in [-0.3, -0.25) is 9.59 Å². The first-order valence-corrected chi connectivity index (χ1v) is 9.39. The molecule has 1 aromatic heterocycles. The van der Waals surface area contributed by atoms with Gasteiger partial charge in [-0.1, -0.05) is 64.5 Å². The molecule has 0 saturated carbocycles. The quantitative estimate of drug-likeness (QED) is 0.400. The van der Waals surface area contributed by atoms with Crippen LogP contribution in [0.3, 0.4) is 0 Å². The molecule has 0 spiro atoms. The molecule has 0 aliphatic carbocycles. The summed E-state index contributed by atoms with van der Waals surface area (Å²) in [5, 5.41) is 0.330. The van der Waals surface area contributed by atoms with Crippen LogP contribution in [-0.2, 0) is 0 Å². The van der Waals surface area contributed by atoms with Crippen molar-refractivity contribution in [2.24, 2.45) is 0 Å². The van der Waals surface area contributed by atoms with Crippen LogP contribution >= 0.6 is 15.9 Å². The number of methoxy groups -OCH3 is 1. The number of benzene rings is 3. The van der Waals surface area contributed by atoms with Gasteiger partial charge in [-0.05, 0) is 18.2 Å². The van der Waals surface area contributed by atoms with Crippen molar-refractivity contribution in [1.82, 2.24) is 0 Å². The Morgan fingerprint density at radius 3 is 2.39 bits per heavy atom. The normalized spacial score (nSPS) is 10.8. The third-order valence-electron chi connectivity index (χ3n) is 4.48. The number of hydrogen-bond acceptors (Lipinski definition) is 4. The van der Waals surface area contributed by atoms with E-state index in [4.69, 9.17) is 9.15 Å². The van der Waals surface area contributed by atoms with E-state index in [-0.39, 0.29) is 22.5 Å². The first-order valence-electron chi connectivity index (χ1n) is 8.59. The zero-order chi connectivity index (χ0) is 19.7. The van der Waals surface area contributed by atoms with Crippen molar-refractivity contribution in [3.05, 3.63) is 98.6 Å². The lowest BCUT2D eigenvalue weighted by Crippen LogP contribution is -2.18. The number of ether oxygens (including phenoxy) is 1. The molecule has 28 heavy (non-hydrogen) atoms. The highest BCUT2D eigenvalue weighted by Gasteiger charge is 2.24. The van der Waals surface area contributed by atoms with E-state index in [0.29, 0.717) is 27.8 Å². The largest absolute Gasteiger partial charge is 0.497 e. The topological polar surface area (TPSA) is 56.5 Å².